The lowest BCUT2D eigenvalue weighted by Gasteiger charge is -2.31. The first-order valence-corrected chi connectivity index (χ1v) is 7.41. The second-order valence-electron chi connectivity index (χ2n) is 5.48. The van der Waals surface area contributed by atoms with Crippen LogP contribution in [-0.4, -0.2) is 32.8 Å². The molecule has 22 heavy (non-hydrogen) atoms. The summed E-state index contributed by atoms with van der Waals surface area (Å²) >= 11 is 0. The van der Waals surface area contributed by atoms with Crippen molar-refractivity contribution in [2.75, 3.05) is 26.9 Å². The minimum atomic E-state index is -0.975. The lowest BCUT2D eigenvalue weighted by molar-refractivity contribution is -0.128. The van der Waals surface area contributed by atoms with Crippen LogP contribution in [0.1, 0.15) is 31.2 Å². The zero-order chi connectivity index (χ0) is 16.0. The summed E-state index contributed by atoms with van der Waals surface area (Å²) in [6, 6.07) is 3.77. The third-order valence-electron chi connectivity index (χ3n) is 3.94. The van der Waals surface area contributed by atoms with Crippen LogP contribution in [0, 0.1) is 11.6 Å². The average molecular weight is 313 g/mol. The number of amides is 1. The highest BCUT2D eigenvalue weighted by Crippen LogP contribution is 2.41. The van der Waals surface area contributed by atoms with Gasteiger partial charge in [-0.2, -0.15) is 0 Å². The van der Waals surface area contributed by atoms with Crippen molar-refractivity contribution < 1.29 is 23.0 Å². The smallest absolute Gasteiger partial charge is 0.246 e. The van der Waals surface area contributed by atoms with Crippen LogP contribution in [0.2, 0.25) is 0 Å². The first-order chi connectivity index (χ1) is 10.6. The van der Waals surface area contributed by atoms with Gasteiger partial charge in [-0.25, -0.2) is 8.78 Å². The fourth-order valence-corrected chi connectivity index (χ4v) is 2.98. The molecule has 0 radical (unpaired) electrons. The van der Waals surface area contributed by atoms with E-state index in [-0.39, 0.29) is 18.1 Å². The normalized spacial score (nSPS) is 16.7. The van der Waals surface area contributed by atoms with Crippen molar-refractivity contribution >= 4 is 5.91 Å². The van der Waals surface area contributed by atoms with E-state index >= 15 is 0 Å². The molecule has 0 heterocycles. The molecule has 1 aromatic carbocycles. The summed E-state index contributed by atoms with van der Waals surface area (Å²) in [5.74, 6) is -1.62. The molecule has 1 fully saturated rings. The maximum atomic E-state index is 14.1. The fourth-order valence-electron chi connectivity index (χ4n) is 2.98. The molecule has 0 aliphatic heterocycles. The second kappa shape index (κ2) is 7.65. The topological polar surface area (TPSA) is 47.6 Å². The molecule has 6 heteroatoms. The standard InChI is InChI=1S/C16H21F2NO3/c1-21-9-10-22-11-14(20)19-16(7-2-3-8-16)15-12(17)5-4-6-13(15)18/h4-6H,2-3,7-11H2,1H3,(H,19,20). The van der Waals surface area contributed by atoms with Gasteiger partial charge in [-0.15, -0.1) is 0 Å². The van der Waals surface area contributed by atoms with Crippen LogP contribution >= 0.6 is 0 Å². The quantitative estimate of drug-likeness (QED) is 0.787. The number of methoxy groups -OCH3 is 1. The predicted octanol–water partition coefficient (Wildman–Crippen LogP) is 2.51. The largest absolute Gasteiger partial charge is 0.382 e. The summed E-state index contributed by atoms with van der Waals surface area (Å²) < 4.78 is 38.2. The van der Waals surface area contributed by atoms with E-state index in [1.165, 1.54) is 25.3 Å². The van der Waals surface area contributed by atoms with Gasteiger partial charge in [0, 0.05) is 12.7 Å². The Morgan fingerprint density at radius 2 is 1.86 bits per heavy atom. The van der Waals surface area contributed by atoms with Crippen LogP contribution in [-0.2, 0) is 19.8 Å². The fraction of sp³-hybridized carbons (Fsp3) is 0.562. The van der Waals surface area contributed by atoms with Crippen LogP contribution < -0.4 is 5.32 Å². The molecule has 1 aliphatic carbocycles. The van der Waals surface area contributed by atoms with Gasteiger partial charge < -0.3 is 14.8 Å². The first kappa shape index (κ1) is 16.8. The van der Waals surface area contributed by atoms with Gasteiger partial charge in [0.25, 0.3) is 0 Å². The van der Waals surface area contributed by atoms with Crippen molar-refractivity contribution in [1.82, 2.24) is 5.32 Å². The molecule has 1 saturated carbocycles. The predicted molar refractivity (Wildman–Crippen MR) is 77.3 cm³/mol. The van der Waals surface area contributed by atoms with Crippen LogP contribution in [0.3, 0.4) is 0 Å². The molecule has 0 aromatic heterocycles. The molecule has 1 amide bonds. The third kappa shape index (κ3) is 3.81. The summed E-state index contributed by atoms with van der Waals surface area (Å²) in [5, 5.41) is 2.78. The molecule has 122 valence electrons. The lowest BCUT2D eigenvalue weighted by atomic mass is 9.87. The third-order valence-corrected chi connectivity index (χ3v) is 3.94. The Morgan fingerprint density at radius 1 is 1.23 bits per heavy atom. The summed E-state index contributed by atoms with van der Waals surface area (Å²) in [6.45, 7) is 0.534. The monoisotopic (exact) mass is 313 g/mol. The van der Waals surface area contributed by atoms with Gasteiger partial charge in [-0.05, 0) is 25.0 Å². The molecule has 1 aromatic rings. The zero-order valence-electron chi connectivity index (χ0n) is 12.7. The van der Waals surface area contributed by atoms with Crippen LogP contribution in [0.5, 0.6) is 0 Å². The van der Waals surface area contributed by atoms with Gasteiger partial charge in [0.05, 0.1) is 18.8 Å². The van der Waals surface area contributed by atoms with Crippen LogP contribution in [0.15, 0.2) is 18.2 Å². The number of hydrogen-bond donors (Lipinski definition) is 1. The summed E-state index contributed by atoms with van der Waals surface area (Å²) in [4.78, 5) is 12.0. The summed E-state index contributed by atoms with van der Waals surface area (Å²) in [7, 11) is 1.54. The van der Waals surface area contributed by atoms with E-state index in [4.69, 9.17) is 9.47 Å². The molecule has 4 nitrogen and oxygen atoms in total. The number of nitrogens with one attached hydrogen (secondary N) is 1. The van der Waals surface area contributed by atoms with Crippen molar-refractivity contribution in [2.45, 2.75) is 31.2 Å². The van der Waals surface area contributed by atoms with Gasteiger partial charge in [-0.3, -0.25) is 4.79 Å². The Kier molecular flexibility index (Phi) is 5.85. The Morgan fingerprint density at radius 3 is 2.45 bits per heavy atom. The van der Waals surface area contributed by atoms with E-state index in [1.54, 1.807) is 0 Å². The molecule has 0 spiro atoms. The van der Waals surface area contributed by atoms with Crippen molar-refractivity contribution in [2.24, 2.45) is 0 Å². The van der Waals surface area contributed by atoms with E-state index in [0.29, 0.717) is 26.1 Å². The Hall–Kier alpha value is -1.53. The van der Waals surface area contributed by atoms with E-state index in [9.17, 15) is 13.6 Å². The lowest BCUT2D eigenvalue weighted by Crippen LogP contribution is -2.46. The molecule has 0 saturated heterocycles. The highest BCUT2D eigenvalue weighted by atomic mass is 19.1. The molecule has 0 atom stereocenters. The molecular formula is C16H21F2NO3. The molecule has 1 N–H and O–H groups in total. The van der Waals surface area contributed by atoms with Crippen LogP contribution in [0.4, 0.5) is 8.78 Å². The number of benzene rings is 1. The molecular weight excluding hydrogens is 292 g/mol. The number of rotatable bonds is 7. The van der Waals surface area contributed by atoms with E-state index in [1.807, 2.05) is 0 Å². The highest BCUT2D eigenvalue weighted by molar-refractivity contribution is 5.78. The number of halogens is 2. The number of hydrogen-bond acceptors (Lipinski definition) is 3. The first-order valence-electron chi connectivity index (χ1n) is 7.41. The van der Waals surface area contributed by atoms with E-state index in [0.717, 1.165) is 12.8 Å². The van der Waals surface area contributed by atoms with Gasteiger partial charge in [0.2, 0.25) is 5.91 Å². The highest BCUT2D eigenvalue weighted by Gasteiger charge is 2.41. The minimum Gasteiger partial charge on any atom is -0.382 e. The van der Waals surface area contributed by atoms with E-state index in [2.05, 4.69) is 5.32 Å². The maximum absolute atomic E-state index is 14.1. The number of ether oxygens (including phenoxy) is 2. The van der Waals surface area contributed by atoms with Gasteiger partial charge in [0.15, 0.2) is 0 Å². The van der Waals surface area contributed by atoms with Crippen molar-refractivity contribution in [3.8, 4) is 0 Å². The van der Waals surface area contributed by atoms with E-state index < -0.39 is 17.2 Å². The number of carbonyl (C=O) groups is 1. The van der Waals surface area contributed by atoms with Crippen molar-refractivity contribution in [3.05, 3.63) is 35.4 Å². The Bertz CT molecular complexity index is 496. The molecule has 0 unspecified atom stereocenters. The summed E-state index contributed by atoms with van der Waals surface area (Å²) in [5.41, 5.74) is -1.02. The van der Waals surface area contributed by atoms with Gasteiger partial charge >= 0.3 is 0 Å². The molecule has 0 bridgehead atoms. The maximum Gasteiger partial charge on any atom is 0.246 e. The van der Waals surface area contributed by atoms with Gasteiger partial charge in [-0.1, -0.05) is 18.9 Å². The summed E-state index contributed by atoms with van der Waals surface area (Å²) in [6.07, 6.45) is 2.68. The van der Waals surface area contributed by atoms with Crippen LogP contribution in [0.25, 0.3) is 0 Å². The second-order valence-corrected chi connectivity index (χ2v) is 5.48. The minimum absolute atomic E-state index is 0.0438. The Labute approximate surface area is 128 Å². The SMILES string of the molecule is COCCOCC(=O)NC1(c2c(F)cccc2F)CCCC1. The van der Waals surface area contributed by atoms with Crippen molar-refractivity contribution in [3.63, 3.8) is 0 Å². The Balaban J connectivity index is 2.11. The zero-order valence-corrected chi connectivity index (χ0v) is 12.7. The van der Waals surface area contributed by atoms with Crippen molar-refractivity contribution in [1.29, 1.82) is 0 Å². The molecule has 2 rings (SSSR count). The van der Waals surface area contributed by atoms with Gasteiger partial charge in [0.1, 0.15) is 18.2 Å². The number of carbonyl (C=O) groups excluding carboxylic acids is 1. The molecule has 1 aliphatic rings. The average Bonchev–Trinajstić information content (AvgIpc) is 2.92.